The molecule has 0 bridgehead atoms. The topological polar surface area (TPSA) is 74.6 Å². The fourth-order valence-corrected chi connectivity index (χ4v) is 2.61. The van der Waals surface area contributed by atoms with E-state index in [9.17, 15) is 13.5 Å². The lowest BCUT2D eigenvalue weighted by molar-refractivity contribution is 0.0538. The average Bonchev–Trinajstić information content (AvgIpc) is 1.83. The van der Waals surface area contributed by atoms with Gasteiger partial charge in [-0.2, -0.15) is 8.42 Å². The van der Waals surface area contributed by atoms with Gasteiger partial charge in [-0.15, -0.1) is 0 Å². The van der Waals surface area contributed by atoms with Crippen molar-refractivity contribution in [2.24, 2.45) is 5.92 Å². The lowest BCUT2D eigenvalue weighted by atomic mass is 9.88. The van der Waals surface area contributed by atoms with Gasteiger partial charge in [-0.25, -0.2) is 0 Å². The number of hydrogen-bond acceptors (Lipinski definition) is 3. The van der Waals surface area contributed by atoms with Gasteiger partial charge in [0.25, 0.3) is 10.1 Å². The minimum Gasteiger partial charge on any atom is -0.372 e. The van der Waals surface area contributed by atoms with Crippen LogP contribution in [-0.2, 0) is 10.1 Å². The van der Waals surface area contributed by atoms with Crippen LogP contribution >= 0.6 is 0 Å². The third kappa shape index (κ3) is 1.78. The molecule has 0 aromatic rings. The van der Waals surface area contributed by atoms with Crippen LogP contribution in [0.2, 0.25) is 0 Å². The summed E-state index contributed by atoms with van der Waals surface area (Å²) < 4.78 is 30.3. The molecule has 2 atom stereocenters. The predicted molar refractivity (Wildman–Crippen MR) is 44.1 cm³/mol. The molecule has 0 saturated heterocycles. The summed E-state index contributed by atoms with van der Waals surface area (Å²) in [6, 6.07) is 0. The van der Waals surface area contributed by atoms with Crippen molar-refractivity contribution in [1.29, 1.82) is 0 Å². The van der Waals surface area contributed by atoms with E-state index in [2.05, 4.69) is 0 Å². The van der Waals surface area contributed by atoms with E-state index < -0.39 is 15.1 Å². The van der Waals surface area contributed by atoms with Crippen molar-refractivity contribution in [1.82, 2.24) is 0 Å². The molecule has 0 spiro atoms. The summed E-state index contributed by atoms with van der Waals surface area (Å²) in [5, 5.41) is 9.54. The highest BCUT2D eigenvalue weighted by Gasteiger charge is 2.43. The molecule has 0 aliphatic heterocycles. The van der Waals surface area contributed by atoms with Gasteiger partial charge in [0, 0.05) is 0 Å². The summed E-state index contributed by atoms with van der Waals surface area (Å²) in [6.45, 7) is 1.87. The molecule has 2 unspecified atom stereocenters. The van der Waals surface area contributed by atoms with E-state index in [1.807, 2.05) is 6.92 Å². The summed E-state index contributed by atoms with van der Waals surface area (Å²) in [7, 11) is -4.30. The molecule has 0 radical (unpaired) electrons. The van der Waals surface area contributed by atoms with Gasteiger partial charge in [0.1, 0.15) is 0 Å². The molecule has 5 heteroatoms. The van der Waals surface area contributed by atoms with Crippen LogP contribution in [0.3, 0.4) is 0 Å². The third-order valence-electron chi connectivity index (χ3n) is 2.41. The maximum absolute atomic E-state index is 10.8. The molecule has 0 aromatic heterocycles. The first-order valence-corrected chi connectivity index (χ1v) is 5.48. The fourth-order valence-electron chi connectivity index (χ4n) is 1.71. The van der Waals surface area contributed by atoms with Gasteiger partial charge in [0.2, 0.25) is 0 Å². The molecule has 2 N–H and O–H groups in total. The van der Waals surface area contributed by atoms with Gasteiger partial charge in [0.15, 0.2) is 4.93 Å². The molecule has 1 rings (SSSR count). The molecule has 0 amide bonds. The average molecular weight is 194 g/mol. The zero-order valence-electron chi connectivity index (χ0n) is 7.02. The van der Waals surface area contributed by atoms with Gasteiger partial charge in [-0.3, -0.25) is 4.55 Å². The molecule has 1 aliphatic carbocycles. The van der Waals surface area contributed by atoms with Crippen molar-refractivity contribution in [3.8, 4) is 0 Å². The summed E-state index contributed by atoms with van der Waals surface area (Å²) in [5.74, 6) is 0.158. The summed E-state index contributed by atoms with van der Waals surface area (Å²) in [5.41, 5.74) is 0. The van der Waals surface area contributed by atoms with Crippen molar-refractivity contribution in [2.75, 3.05) is 0 Å². The van der Waals surface area contributed by atoms with Crippen LogP contribution in [0.15, 0.2) is 0 Å². The zero-order chi connectivity index (χ0) is 9.41. The monoisotopic (exact) mass is 194 g/mol. The molecule has 1 fully saturated rings. The SMILES string of the molecule is CC1CCCC(O)(S(=O)(=O)O)C1. The Morgan fingerprint density at radius 2 is 2.08 bits per heavy atom. The van der Waals surface area contributed by atoms with E-state index in [1.54, 1.807) is 0 Å². The summed E-state index contributed by atoms with van der Waals surface area (Å²) >= 11 is 0. The maximum Gasteiger partial charge on any atom is 0.294 e. The van der Waals surface area contributed by atoms with E-state index in [0.717, 1.165) is 6.42 Å². The lowest BCUT2D eigenvalue weighted by Crippen LogP contribution is -2.42. The van der Waals surface area contributed by atoms with Crippen LogP contribution in [0.4, 0.5) is 0 Å². The van der Waals surface area contributed by atoms with E-state index in [1.165, 1.54) is 0 Å². The van der Waals surface area contributed by atoms with Gasteiger partial charge in [-0.05, 0) is 25.2 Å². The summed E-state index contributed by atoms with van der Waals surface area (Å²) in [6.07, 6.45) is 1.86. The van der Waals surface area contributed by atoms with Crippen LogP contribution in [-0.4, -0.2) is 23.0 Å². The second kappa shape index (κ2) is 2.97. The van der Waals surface area contributed by atoms with Crippen LogP contribution in [0.25, 0.3) is 0 Å². The molecule has 72 valence electrons. The highest BCUT2D eigenvalue weighted by Crippen LogP contribution is 2.35. The quantitative estimate of drug-likeness (QED) is 0.605. The van der Waals surface area contributed by atoms with Crippen molar-refractivity contribution >= 4 is 10.1 Å². The minimum atomic E-state index is -4.30. The van der Waals surface area contributed by atoms with Crippen molar-refractivity contribution in [3.05, 3.63) is 0 Å². The van der Waals surface area contributed by atoms with E-state index in [4.69, 9.17) is 4.55 Å². The van der Waals surface area contributed by atoms with Crippen molar-refractivity contribution in [3.63, 3.8) is 0 Å². The van der Waals surface area contributed by atoms with Crippen LogP contribution < -0.4 is 0 Å². The molecule has 0 aromatic carbocycles. The Kier molecular flexibility index (Phi) is 2.47. The molecular formula is C7H14O4S. The highest BCUT2D eigenvalue weighted by molar-refractivity contribution is 7.87. The van der Waals surface area contributed by atoms with Gasteiger partial charge in [-0.1, -0.05) is 13.3 Å². The van der Waals surface area contributed by atoms with Crippen LogP contribution in [0, 0.1) is 5.92 Å². The predicted octanol–water partition coefficient (Wildman–Crippen LogP) is 0.773. The van der Waals surface area contributed by atoms with E-state index in [0.29, 0.717) is 6.42 Å². The second-order valence-electron chi connectivity index (χ2n) is 3.62. The lowest BCUT2D eigenvalue weighted by Gasteiger charge is -2.32. The van der Waals surface area contributed by atoms with E-state index >= 15 is 0 Å². The first-order chi connectivity index (χ1) is 5.35. The highest BCUT2D eigenvalue weighted by atomic mass is 32.2. The smallest absolute Gasteiger partial charge is 0.294 e. The Labute approximate surface area is 72.3 Å². The largest absolute Gasteiger partial charge is 0.372 e. The first kappa shape index (κ1) is 9.95. The fraction of sp³-hybridized carbons (Fsp3) is 1.00. The molecule has 1 aliphatic rings. The van der Waals surface area contributed by atoms with Crippen LogP contribution in [0.5, 0.6) is 0 Å². The Balaban J connectivity index is 2.84. The van der Waals surface area contributed by atoms with Gasteiger partial charge >= 0.3 is 0 Å². The summed E-state index contributed by atoms with van der Waals surface area (Å²) in [4.78, 5) is -1.88. The number of aliphatic hydroxyl groups is 1. The van der Waals surface area contributed by atoms with E-state index in [-0.39, 0.29) is 18.8 Å². The minimum absolute atomic E-state index is 0.145. The molecular weight excluding hydrogens is 180 g/mol. The Hall–Kier alpha value is -0.130. The standard InChI is InChI=1S/C7H14O4S/c1-6-3-2-4-7(8,5-6)12(9,10)11/h6,8H,2-5H2,1H3,(H,9,10,11). The molecule has 4 nitrogen and oxygen atoms in total. The molecule has 1 saturated carbocycles. The Bertz CT molecular complexity index is 259. The Morgan fingerprint density at radius 1 is 1.50 bits per heavy atom. The third-order valence-corrected chi connectivity index (χ3v) is 3.74. The maximum atomic E-state index is 10.8. The number of hydrogen-bond donors (Lipinski definition) is 2. The molecule has 0 heterocycles. The number of rotatable bonds is 1. The van der Waals surface area contributed by atoms with Crippen molar-refractivity contribution in [2.45, 2.75) is 37.5 Å². The first-order valence-electron chi connectivity index (χ1n) is 4.04. The second-order valence-corrected chi connectivity index (χ2v) is 5.33. The van der Waals surface area contributed by atoms with Crippen LogP contribution in [0.1, 0.15) is 32.6 Å². The normalized spacial score (nSPS) is 38.1. The zero-order valence-corrected chi connectivity index (χ0v) is 7.84. The van der Waals surface area contributed by atoms with Crippen molar-refractivity contribution < 1.29 is 18.1 Å². The van der Waals surface area contributed by atoms with Gasteiger partial charge < -0.3 is 5.11 Å². The molecule has 12 heavy (non-hydrogen) atoms. The van der Waals surface area contributed by atoms with Gasteiger partial charge in [0.05, 0.1) is 0 Å². The Morgan fingerprint density at radius 3 is 2.42 bits per heavy atom.